The quantitative estimate of drug-likeness (QED) is 0.424. The van der Waals surface area contributed by atoms with E-state index in [-0.39, 0.29) is 17.8 Å². The van der Waals surface area contributed by atoms with Crippen molar-refractivity contribution in [3.8, 4) is 0 Å². The maximum absolute atomic E-state index is 12.0. The molecule has 0 atom stereocenters. The van der Waals surface area contributed by atoms with E-state index in [1.54, 1.807) is 6.07 Å². The minimum Gasteiger partial charge on any atom is -0.365 e. The van der Waals surface area contributed by atoms with E-state index in [0.29, 0.717) is 0 Å². The van der Waals surface area contributed by atoms with Crippen LogP contribution >= 0.6 is 0 Å². The van der Waals surface area contributed by atoms with E-state index in [2.05, 4.69) is 64.5 Å². The molecule has 1 aromatic heterocycles. The van der Waals surface area contributed by atoms with Gasteiger partial charge >= 0.3 is 0 Å². The molecule has 33 heavy (non-hydrogen) atoms. The molecule has 0 radical (unpaired) electrons. The molecule has 3 aromatic carbocycles. The fourth-order valence-electron chi connectivity index (χ4n) is 4.83. The first-order valence-corrected chi connectivity index (χ1v) is 11.8. The van der Waals surface area contributed by atoms with E-state index in [1.165, 1.54) is 11.1 Å². The van der Waals surface area contributed by atoms with Crippen LogP contribution in [0.1, 0.15) is 35.6 Å². The van der Waals surface area contributed by atoms with Gasteiger partial charge in [-0.05, 0) is 42.0 Å². The Hall–Kier alpha value is -3.21. The summed E-state index contributed by atoms with van der Waals surface area (Å²) in [7, 11) is 0. The lowest BCUT2D eigenvalue weighted by Crippen LogP contribution is -2.38. The number of likely N-dealkylation sites (tertiary alicyclic amines) is 1. The van der Waals surface area contributed by atoms with Crippen molar-refractivity contribution in [2.24, 2.45) is 0 Å². The first kappa shape index (κ1) is 21.6. The SMILES string of the molecule is O=c1cc(CCN2CCC(OC(c3ccccc3)c3ccccc3)CC2)c2ccccc2[nH]1. The Kier molecular flexibility index (Phi) is 6.66. The van der Waals surface area contributed by atoms with Gasteiger partial charge in [0.25, 0.3) is 0 Å². The molecule has 5 rings (SSSR count). The number of piperidine rings is 1. The maximum atomic E-state index is 12.0. The van der Waals surface area contributed by atoms with Gasteiger partial charge in [-0.1, -0.05) is 78.9 Å². The summed E-state index contributed by atoms with van der Waals surface area (Å²) in [6.07, 6.45) is 3.13. The molecule has 4 nitrogen and oxygen atoms in total. The van der Waals surface area contributed by atoms with Gasteiger partial charge in [-0.3, -0.25) is 4.79 Å². The number of hydrogen-bond acceptors (Lipinski definition) is 3. The number of ether oxygens (including phenoxy) is 1. The number of hydrogen-bond donors (Lipinski definition) is 1. The van der Waals surface area contributed by atoms with Crippen molar-refractivity contribution < 1.29 is 4.74 Å². The zero-order chi connectivity index (χ0) is 22.5. The van der Waals surface area contributed by atoms with E-state index in [9.17, 15) is 4.79 Å². The second-order valence-corrected chi connectivity index (χ2v) is 8.83. The number of pyridine rings is 1. The lowest BCUT2D eigenvalue weighted by molar-refractivity contribution is -0.0267. The monoisotopic (exact) mass is 438 g/mol. The lowest BCUT2D eigenvalue weighted by atomic mass is 10.00. The molecule has 0 spiro atoms. The molecule has 168 valence electrons. The Morgan fingerprint density at radius 1 is 0.848 bits per heavy atom. The van der Waals surface area contributed by atoms with E-state index in [4.69, 9.17) is 4.74 Å². The molecule has 4 heteroatoms. The molecule has 0 aliphatic carbocycles. The van der Waals surface area contributed by atoms with Crippen LogP contribution in [0.5, 0.6) is 0 Å². The highest BCUT2D eigenvalue weighted by molar-refractivity contribution is 5.81. The van der Waals surface area contributed by atoms with Gasteiger partial charge in [0.2, 0.25) is 5.56 Å². The van der Waals surface area contributed by atoms with Crippen LogP contribution in [0.15, 0.2) is 95.8 Å². The Balaban J connectivity index is 1.21. The summed E-state index contributed by atoms with van der Waals surface area (Å²) in [6, 6.07) is 30.8. The average molecular weight is 439 g/mol. The number of nitrogens with one attached hydrogen (secondary N) is 1. The first-order valence-electron chi connectivity index (χ1n) is 11.8. The Morgan fingerprint density at radius 3 is 2.12 bits per heavy atom. The van der Waals surface area contributed by atoms with Gasteiger partial charge < -0.3 is 14.6 Å². The van der Waals surface area contributed by atoms with Crippen LogP contribution in [0.25, 0.3) is 10.9 Å². The number of H-pyrrole nitrogens is 1. The first-order chi connectivity index (χ1) is 16.3. The van der Waals surface area contributed by atoms with E-state index in [0.717, 1.165) is 55.4 Å². The van der Waals surface area contributed by atoms with Gasteiger partial charge in [0.1, 0.15) is 6.10 Å². The number of fused-ring (bicyclic) bond motifs is 1. The number of rotatable bonds is 7. The van der Waals surface area contributed by atoms with Crippen LogP contribution in [0.3, 0.4) is 0 Å². The van der Waals surface area contributed by atoms with E-state index < -0.39 is 0 Å². The summed E-state index contributed by atoms with van der Waals surface area (Å²) < 4.78 is 6.68. The fraction of sp³-hybridized carbons (Fsp3) is 0.276. The van der Waals surface area contributed by atoms with Crippen molar-refractivity contribution in [2.75, 3.05) is 19.6 Å². The minimum atomic E-state index is -0.0358. The predicted octanol–water partition coefficient (Wildman–Crippen LogP) is 5.34. The summed E-state index contributed by atoms with van der Waals surface area (Å²) in [5, 5.41) is 1.14. The highest BCUT2D eigenvalue weighted by Gasteiger charge is 2.24. The Labute approximate surface area is 194 Å². The highest BCUT2D eigenvalue weighted by atomic mass is 16.5. The molecule has 0 amide bonds. The summed E-state index contributed by atoms with van der Waals surface area (Å²) in [4.78, 5) is 17.5. The van der Waals surface area contributed by atoms with Gasteiger partial charge in [0, 0.05) is 36.6 Å². The van der Waals surface area contributed by atoms with Crippen molar-refractivity contribution in [2.45, 2.75) is 31.5 Å². The number of benzene rings is 3. The van der Waals surface area contributed by atoms with Crippen LogP contribution in [0, 0.1) is 0 Å². The summed E-state index contributed by atoms with van der Waals surface area (Å²) >= 11 is 0. The normalized spacial score (nSPS) is 15.3. The van der Waals surface area contributed by atoms with E-state index >= 15 is 0 Å². The zero-order valence-electron chi connectivity index (χ0n) is 18.8. The van der Waals surface area contributed by atoms with Crippen LogP contribution in [0.2, 0.25) is 0 Å². The van der Waals surface area contributed by atoms with Crippen molar-refractivity contribution in [1.82, 2.24) is 9.88 Å². The third kappa shape index (κ3) is 5.24. The van der Waals surface area contributed by atoms with Crippen LogP contribution in [0.4, 0.5) is 0 Å². The molecule has 0 unspecified atom stereocenters. The second kappa shape index (κ2) is 10.2. The average Bonchev–Trinajstić information content (AvgIpc) is 2.87. The van der Waals surface area contributed by atoms with Crippen molar-refractivity contribution in [1.29, 1.82) is 0 Å². The van der Waals surface area contributed by atoms with Gasteiger partial charge in [0.05, 0.1) is 6.10 Å². The standard InChI is InChI=1S/C29H30N2O2/c32-28-21-24(26-13-7-8-14-27(26)30-28)15-18-31-19-16-25(17-20-31)33-29(22-9-3-1-4-10-22)23-11-5-2-6-12-23/h1-14,21,25,29H,15-20H2,(H,30,32). The van der Waals surface area contributed by atoms with Gasteiger partial charge in [-0.15, -0.1) is 0 Å². The molecule has 1 N–H and O–H groups in total. The maximum Gasteiger partial charge on any atom is 0.248 e. The summed E-state index contributed by atoms with van der Waals surface area (Å²) in [5.74, 6) is 0. The van der Waals surface area contributed by atoms with Crippen LogP contribution in [-0.4, -0.2) is 35.6 Å². The molecule has 0 saturated carbocycles. The molecule has 1 fully saturated rings. The van der Waals surface area contributed by atoms with Crippen molar-refractivity contribution in [3.63, 3.8) is 0 Å². The van der Waals surface area contributed by atoms with E-state index in [1.807, 2.05) is 30.3 Å². The molecular formula is C29H30N2O2. The molecule has 1 aliphatic heterocycles. The summed E-state index contributed by atoms with van der Waals surface area (Å²) in [5.41, 5.74) is 4.42. The topological polar surface area (TPSA) is 45.3 Å². The Morgan fingerprint density at radius 2 is 1.45 bits per heavy atom. The summed E-state index contributed by atoms with van der Waals surface area (Å²) in [6.45, 7) is 2.99. The lowest BCUT2D eigenvalue weighted by Gasteiger charge is -2.34. The minimum absolute atomic E-state index is 0.0244. The Bertz CT molecular complexity index is 1190. The highest BCUT2D eigenvalue weighted by Crippen LogP contribution is 2.30. The van der Waals surface area contributed by atoms with Gasteiger partial charge in [-0.2, -0.15) is 0 Å². The van der Waals surface area contributed by atoms with Crippen LogP contribution in [-0.2, 0) is 11.2 Å². The number of nitrogens with zero attached hydrogens (tertiary/aromatic N) is 1. The number of aromatic nitrogens is 1. The fourth-order valence-corrected chi connectivity index (χ4v) is 4.83. The number of aromatic amines is 1. The van der Waals surface area contributed by atoms with Crippen LogP contribution < -0.4 is 5.56 Å². The van der Waals surface area contributed by atoms with Crippen molar-refractivity contribution >= 4 is 10.9 Å². The molecular weight excluding hydrogens is 408 g/mol. The molecule has 4 aromatic rings. The van der Waals surface area contributed by atoms with Gasteiger partial charge in [-0.25, -0.2) is 0 Å². The third-order valence-corrected chi connectivity index (χ3v) is 6.60. The molecule has 1 saturated heterocycles. The number of para-hydroxylation sites is 1. The largest absolute Gasteiger partial charge is 0.365 e. The van der Waals surface area contributed by atoms with Crippen molar-refractivity contribution in [3.05, 3.63) is 118 Å². The smallest absolute Gasteiger partial charge is 0.248 e. The predicted molar refractivity (Wildman–Crippen MR) is 134 cm³/mol. The zero-order valence-corrected chi connectivity index (χ0v) is 18.8. The molecule has 2 heterocycles. The molecule has 1 aliphatic rings. The molecule has 0 bridgehead atoms. The second-order valence-electron chi connectivity index (χ2n) is 8.83. The van der Waals surface area contributed by atoms with Gasteiger partial charge in [0.15, 0.2) is 0 Å². The third-order valence-electron chi connectivity index (χ3n) is 6.60.